The van der Waals surface area contributed by atoms with Gasteiger partial charge in [0.1, 0.15) is 0 Å². The van der Waals surface area contributed by atoms with Crippen LogP contribution in [0.15, 0.2) is 22.7 Å². The monoisotopic (exact) mass is 310 g/mol. The fourth-order valence-electron chi connectivity index (χ4n) is 1.66. The maximum Gasteiger partial charge on any atom is 0.0458 e. The highest BCUT2D eigenvalue weighted by molar-refractivity contribution is 9.10. The lowest BCUT2D eigenvalue weighted by molar-refractivity contribution is 0.429. The summed E-state index contributed by atoms with van der Waals surface area (Å²) in [6.45, 7) is 3.03. The average molecular weight is 312 g/mol. The zero-order valence-corrected chi connectivity index (χ0v) is 11.3. The summed E-state index contributed by atoms with van der Waals surface area (Å²) in [5, 5.41) is 7.59. The Kier molecular flexibility index (Phi) is 5.36. The highest BCUT2D eigenvalue weighted by Crippen LogP contribution is 2.26. The highest BCUT2D eigenvalue weighted by Gasteiger charge is 2.16. The van der Waals surface area contributed by atoms with Crippen molar-refractivity contribution in [2.45, 2.75) is 6.04 Å². The van der Waals surface area contributed by atoms with Gasteiger partial charge in [0.25, 0.3) is 0 Å². The van der Waals surface area contributed by atoms with Gasteiger partial charge in [-0.1, -0.05) is 33.6 Å². The van der Waals surface area contributed by atoms with Crippen LogP contribution in [-0.4, -0.2) is 19.6 Å². The second-order valence-corrected chi connectivity index (χ2v) is 4.67. The van der Waals surface area contributed by atoms with Gasteiger partial charge < -0.3 is 10.6 Å². The third-order valence-corrected chi connectivity index (χ3v) is 3.30. The van der Waals surface area contributed by atoms with Gasteiger partial charge in [0, 0.05) is 35.2 Å². The SMILES string of the molecule is Cl.Clc1ccc([C@H]2CNCCN2)c(Br)c1. The van der Waals surface area contributed by atoms with E-state index < -0.39 is 0 Å². The van der Waals surface area contributed by atoms with E-state index in [1.54, 1.807) is 0 Å². The number of hydrogen-bond acceptors (Lipinski definition) is 2. The van der Waals surface area contributed by atoms with Gasteiger partial charge in [-0.2, -0.15) is 0 Å². The normalized spacial score (nSPS) is 20.8. The fourth-order valence-corrected chi connectivity index (χ4v) is 2.62. The largest absolute Gasteiger partial charge is 0.314 e. The standard InChI is InChI=1S/C10H12BrClN2.ClH/c11-9-5-7(12)1-2-8(9)10-6-13-3-4-14-10;/h1-2,5,10,13-14H,3-4,6H2;1H/t10-;/m1./s1. The van der Waals surface area contributed by atoms with Crippen molar-refractivity contribution in [3.8, 4) is 0 Å². The Morgan fingerprint density at radius 2 is 2.13 bits per heavy atom. The molecule has 1 atom stereocenters. The maximum atomic E-state index is 5.89. The molecule has 1 saturated heterocycles. The second kappa shape index (κ2) is 6.06. The molecule has 2 nitrogen and oxygen atoms in total. The van der Waals surface area contributed by atoms with Gasteiger partial charge in [0.2, 0.25) is 0 Å². The van der Waals surface area contributed by atoms with Gasteiger partial charge in [-0.25, -0.2) is 0 Å². The van der Waals surface area contributed by atoms with E-state index >= 15 is 0 Å². The molecule has 0 spiro atoms. The third-order valence-electron chi connectivity index (χ3n) is 2.38. The van der Waals surface area contributed by atoms with Crippen molar-refractivity contribution in [3.05, 3.63) is 33.3 Å². The zero-order chi connectivity index (χ0) is 9.97. The van der Waals surface area contributed by atoms with Crippen LogP contribution < -0.4 is 10.6 Å². The summed E-state index contributed by atoms with van der Waals surface area (Å²) < 4.78 is 1.08. The molecule has 0 unspecified atom stereocenters. The van der Waals surface area contributed by atoms with E-state index in [-0.39, 0.29) is 12.4 Å². The number of rotatable bonds is 1. The maximum absolute atomic E-state index is 5.89. The second-order valence-electron chi connectivity index (χ2n) is 3.38. The minimum atomic E-state index is 0. The van der Waals surface area contributed by atoms with Crippen molar-refractivity contribution in [2.75, 3.05) is 19.6 Å². The van der Waals surface area contributed by atoms with E-state index in [0.717, 1.165) is 29.1 Å². The van der Waals surface area contributed by atoms with Crippen LogP contribution in [-0.2, 0) is 0 Å². The number of nitrogens with one attached hydrogen (secondary N) is 2. The van der Waals surface area contributed by atoms with Crippen LogP contribution in [0.5, 0.6) is 0 Å². The Morgan fingerprint density at radius 3 is 2.73 bits per heavy atom. The van der Waals surface area contributed by atoms with Crippen LogP contribution in [0, 0.1) is 0 Å². The molecule has 84 valence electrons. The van der Waals surface area contributed by atoms with E-state index in [2.05, 4.69) is 32.6 Å². The van der Waals surface area contributed by atoms with Crippen molar-refractivity contribution in [1.29, 1.82) is 0 Å². The molecule has 15 heavy (non-hydrogen) atoms. The lowest BCUT2D eigenvalue weighted by Crippen LogP contribution is -2.42. The molecule has 0 bridgehead atoms. The van der Waals surface area contributed by atoms with Crippen LogP contribution in [0.3, 0.4) is 0 Å². The molecule has 1 aromatic rings. The first-order chi connectivity index (χ1) is 6.77. The van der Waals surface area contributed by atoms with Gasteiger partial charge in [0.15, 0.2) is 0 Å². The first-order valence-corrected chi connectivity index (χ1v) is 5.83. The predicted molar refractivity (Wildman–Crippen MR) is 70.0 cm³/mol. The molecule has 2 N–H and O–H groups in total. The lowest BCUT2D eigenvalue weighted by atomic mass is 10.1. The number of benzene rings is 1. The van der Waals surface area contributed by atoms with Crippen molar-refractivity contribution in [1.82, 2.24) is 10.6 Å². The molecule has 1 aliphatic rings. The van der Waals surface area contributed by atoms with Crippen LogP contribution in [0.2, 0.25) is 5.02 Å². The van der Waals surface area contributed by atoms with Gasteiger partial charge in [-0.15, -0.1) is 12.4 Å². The van der Waals surface area contributed by atoms with Crippen molar-refractivity contribution in [3.63, 3.8) is 0 Å². The summed E-state index contributed by atoms with van der Waals surface area (Å²) in [6, 6.07) is 6.32. The van der Waals surface area contributed by atoms with Gasteiger partial charge in [-0.05, 0) is 17.7 Å². The molecule has 0 radical (unpaired) electrons. The minimum Gasteiger partial charge on any atom is -0.314 e. The topological polar surface area (TPSA) is 24.1 Å². The highest BCUT2D eigenvalue weighted by atomic mass is 79.9. The van der Waals surface area contributed by atoms with E-state index in [4.69, 9.17) is 11.6 Å². The summed E-state index contributed by atoms with van der Waals surface area (Å²) in [5.74, 6) is 0. The lowest BCUT2D eigenvalue weighted by Gasteiger charge is -2.25. The van der Waals surface area contributed by atoms with Crippen molar-refractivity contribution >= 4 is 39.9 Å². The summed E-state index contributed by atoms with van der Waals surface area (Å²) in [7, 11) is 0. The molecule has 1 fully saturated rings. The van der Waals surface area contributed by atoms with Crippen LogP contribution in [0.4, 0.5) is 0 Å². The molecule has 2 rings (SSSR count). The molecule has 5 heteroatoms. The number of piperazine rings is 1. The molecular formula is C10H13BrCl2N2. The first-order valence-electron chi connectivity index (χ1n) is 4.66. The van der Waals surface area contributed by atoms with Gasteiger partial charge in [0.05, 0.1) is 0 Å². The van der Waals surface area contributed by atoms with Gasteiger partial charge in [-0.3, -0.25) is 0 Å². The number of hydrogen-bond donors (Lipinski definition) is 2. The molecule has 1 aromatic carbocycles. The molecule has 0 aromatic heterocycles. The summed E-state index contributed by atoms with van der Waals surface area (Å²) in [6.07, 6.45) is 0. The summed E-state index contributed by atoms with van der Waals surface area (Å²) in [4.78, 5) is 0. The molecule has 1 heterocycles. The Morgan fingerprint density at radius 1 is 1.33 bits per heavy atom. The Balaban J connectivity index is 0.00000112. The zero-order valence-electron chi connectivity index (χ0n) is 8.09. The van der Waals surface area contributed by atoms with Crippen molar-refractivity contribution < 1.29 is 0 Å². The summed E-state index contributed by atoms with van der Waals surface area (Å²) >= 11 is 9.42. The third kappa shape index (κ3) is 3.33. The van der Waals surface area contributed by atoms with Crippen molar-refractivity contribution in [2.24, 2.45) is 0 Å². The molecule has 0 aliphatic carbocycles. The van der Waals surface area contributed by atoms with E-state index in [9.17, 15) is 0 Å². The predicted octanol–water partition coefficient (Wildman–Crippen LogP) is 2.76. The van der Waals surface area contributed by atoms with Crippen LogP contribution in [0.1, 0.15) is 11.6 Å². The Bertz CT molecular complexity index is 327. The van der Waals surface area contributed by atoms with E-state index in [1.807, 2.05) is 12.1 Å². The average Bonchev–Trinajstić information content (AvgIpc) is 2.19. The Labute approximate surface area is 109 Å². The molecule has 0 amide bonds. The smallest absolute Gasteiger partial charge is 0.0458 e. The Hall–Kier alpha value is 0.200. The van der Waals surface area contributed by atoms with E-state index in [1.165, 1.54) is 5.56 Å². The molecule has 0 saturated carbocycles. The quantitative estimate of drug-likeness (QED) is 0.833. The van der Waals surface area contributed by atoms with Crippen LogP contribution in [0.25, 0.3) is 0 Å². The van der Waals surface area contributed by atoms with Crippen LogP contribution >= 0.6 is 39.9 Å². The first kappa shape index (κ1) is 13.3. The number of halogens is 3. The van der Waals surface area contributed by atoms with E-state index in [0.29, 0.717) is 6.04 Å². The molecular weight excluding hydrogens is 299 g/mol. The van der Waals surface area contributed by atoms with Gasteiger partial charge >= 0.3 is 0 Å². The minimum absolute atomic E-state index is 0. The fraction of sp³-hybridized carbons (Fsp3) is 0.400. The summed E-state index contributed by atoms with van der Waals surface area (Å²) in [5.41, 5.74) is 1.27. The molecule has 1 aliphatic heterocycles.